The molecule has 0 unspecified atom stereocenters. The maximum atomic E-state index is 12.7. The summed E-state index contributed by atoms with van der Waals surface area (Å²) in [7, 11) is 0. The number of rotatable bonds is 9. The van der Waals surface area contributed by atoms with Gasteiger partial charge in [-0.05, 0) is 57.5 Å². The molecule has 146 valence electrons. The first-order valence-electron chi connectivity index (χ1n) is 8.80. The molecule has 1 aromatic heterocycles. The van der Waals surface area contributed by atoms with Crippen LogP contribution in [0.5, 0.6) is 11.5 Å². The molecule has 1 aromatic carbocycles. The Morgan fingerprint density at radius 2 is 1.74 bits per heavy atom. The number of benzene rings is 1. The lowest BCUT2D eigenvalue weighted by atomic mass is 9.83. The maximum absolute atomic E-state index is 12.7. The van der Waals surface area contributed by atoms with Gasteiger partial charge in [-0.2, -0.15) is 0 Å². The van der Waals surface area contributed by atoms with Crippen molar-refractivity contribution in [1.29, 1.82) is 0 Å². The van der Waals surface area contributed by atoms with Crippen LogP contribution in [0.4, 0.5) is 0 Å². The van der Waals surface area contributed by atoms with Crippen LogP contribution in [-0.2, 0) is 16.8 Å². The number of hydrogen-bond donors (Lipinski definition) is 2. The number of aromatic carboxylic acids is 1. The Morgan fingerprint density at radius 3 is 2.33 bits per heavy atom. The van der Waals surface area contributed by atoms with Crippen molar-refractivity contribution in [3.05, 3.63) is 47.4 Å². The summed E-state index contributed by atoms with van der Waals surface area (Å²) in [5.41, 5.74) is -0.0590. The Hall–Kier alpha value is -2.96. The van der Waals surface area contributed by atoms with Crippen LogP contribution in [0.3, 0.4) is 0 Å². The van der Waals surface area contributed by atoms with Crippen molar-refractivity contribution in [2.24, 2.45) is 0 Å². The highest BCUT2D eigenvalue weighted by molar-refractivity contribution is 5.87. The molecule has 7 heteroatoms. The Labute approximate surface area is 158 Å². The van der Waals surface area contributed by atoms with Crippen molar-refractivity contribution in [3.63, 3.8) is 0 Å². The van der Waals surface area contributed by atoms with Gasteiger partial charge in [0, 0.05) is 0 Å². The summed E-state index contributed by atoms with van der Waals surface area (Å²) in [6.45, 7) is 8.49. The normalized spacial score (nSPS) is 11.1. The van der Waals surface area contributed by atoms with Gasteiger partial charge < -0.3 is 24.3 Å². The molecule has 0 bridgehead atoms. The summed E-state index contributed by atoms with van der Waals surface area (Å²) >= 11 is 0. The Morgan fingerprint density at radius 1 is 1.07 bits per heavy atom. The predicted molar refractivity (Wildman–Crippen MR) is 99.3 cm³/mol. The summed E-state index contributed by atoms with van der Waals surface area (Å²) in [6.07, 6.45) is 0. The molecule has 0 aliphatic heterocycles. The van der Waals surface area contributed by atoms with Crippen LogP contribution in [0.15, 0.2) is 34.7 Å². The fraction of sp³-hybridized carbons (Fsp3) is 0.400. The van der Waals surface area contributed by atoms with Gasteiger partial charge in [-0.1, -0.05) is 6.07 Å². The average molecular weight is 375 g/mol. The van der Waals surface area contributed by atoms with E-state index in [0.717, 1.165) is 5.56 Å². The molecule has 0 saturated heterocycles. The fourth-order valence-corrected chi connectivity index (χ4v) is 2.55. The number of carboxylic acid groups (broad SMARTS) is 1. The summed E-state index contributed by atoms with van der Waals surface area (Å²) < 4.78 is 16.3. The Balaban J connectivity index is 2.14. The van der Waals surface area contributed by atoms with E-state index in [-0.39, 0.29) is 18.2 Å². The minimum absolute atomic E-state index is 0.102. The maximum Gasteiger partial charge on any atom is 0.371 e. The number of carboxylic acids is 1. The molecule has 0 atom stereocenters. The van der Waals surface area contributed by atoms with Crippen LogP contribution < -0.4 is 14.8 Å². The van der Waals surface area contributed by atoms with E-state index in [1.165, 1.54) is 12.1 Å². The highest BCUT2D eigenvalue weighted by Gasteiger charge is 2.31. The van der Waals surface area contributed by atoms with Crippen molar-refractivity contribution < 1.29 is 28.6 Å². The number of ether oxygens (including phenoxy) is 2. The molecule has 0 aliphatic carbocycles. The second-order valence-electron chi connectivity index (χ2n) is 6.41. The van der Waals surface area contributed by atoms with Gasteiger partial charge in [-0.15, -0.1) is 0 Å². The minimum Gasteiger partial charge on any atom is -0.490 e. The van der Waals surface area contributed by atoms with Crippen LogP contribution in [0.1, 0.15) is 49.6 Å². The van der Waals surface area contributed by atoms with Gasteiger partial charge in [-0.25, -0.2) is 4.79 Å². The van der Waals surface area contributed by atoms with Crippen LogP contribution in [0, 0.1) is 0 Å². The molecule has 27 heavy (non-hydrogen) atoms. The zero-order valence-corrected chi connectivity index (χ0v) is 16.0. The molecule has 1 amide bonds. The average Bonchev–Trinajstić information content (AvgIpc) is 3.10. The lowest BCUT2D eigenvalue weighted by Gasteiger charge is -2.25. The number of carbonyl (C=O) groups is 2. The number of nitrogens with one attached hydrogen (secondary N) is 1. The largest absolute Gasteiger partial charge is 0.490 e. The molecule has 0 saturated carbocycles. The molecule has 2 aromatic rings. The summed E-state index contributed by atoms with van der Waals surface area (Å²) in [5.74, 6) is 0.0729. The van der Waals surface area contributed by atoms with Gasteiger partial charge >= 0.3 is 5.97 Å². The molecule has 7 nitrogen and oxygen atoms in total. The predicted octanol–water partition coefficient (Wildman–Crippen LogP) is 3.37. The molecule has 2 rings (SSSR count). The number of amides is 1. The van der Waals surface area contributed by atoms with Gasteiger partial charge in [0.2, 0.25) is 11.7 Å². The number of hydrogen-bond acceptors (Lipinski definition) is 5. The monoisotopic (exact) mass is 375 g/mol. The molecule has 0 radical (unpaired) electrons. The third kappa shape index (κ3) is 4.81. The Bertz CT molecular complexity index is 809. The summed E-state index contributed by atoms with van der Waals surface area (Å²) in [5, 5.41) is 11.7. The molecular formula is C20H25NO6. The summed E-state index contributed by atoms with van der Waals surface area (Å²) in [4.78, 5) is 23.6. The van der Waals surface area contributed by atoms with Crippen molar-refractivity contribution in [3.8, 4) is 11.5 Å². The third-order valence-electron chi connectivity index (χ3n) is 4.13. The van der Waals surface area contributed by atoms with E-state index in [9.17, 15) is 9.59 Å². The lowest BCUT2D eigenvalue weighted by Crippen LogP contribution is -2.39. The van der Waals surface area contributed by atoms with Crippen molar-refractivity contribution in [1.82, 2.24) is 5.32 Å². The smallest absolute Gasteiger partial charge is 0.371 e. The standard InChI is InChI=1S/C20H25NO6/c1-5-25-15-9-7-13(11-17(15)26-6-2)20(3,4)19(24)21-12-14-8-10-16(27-14)18(22)23/h7-11H,5-6,12H2,1-4H3,(H,21,24)(H,22,23). The van der Waals surface area contributed by atoms with E-state index in [0.29, 0.717) is 30.5 Å². The van der Waals surface area contributed by atoms with Gasteiger partial charge in [0.25, 0.3) is 0 Å². The molecular weight excluding hydrogens is 350 g/mol. The second-order valence-corrected chi connectivity index (χ2v) is 6.41. The third-order valence-corrected chi connectivity index (χ3v) is 4.13. The molecule has 0 spiro atoms. The second kappa shape index (κ2) is 8.62. The first-order valence-corrected chi connectivity index (χ1v) is 8.80. The van der Waals surface area contributed by atoms with Gasteiger partial charge in [0.15, 0.2) is 11.5 Å². The highest BCUT2D eigenvalue weighted by Crippen LogP contribution is 2.34. The SMILES string of the molecule is CCOc1ccc(C(C)(C)C(=O)NCc2ccc(C(=O)O)o2)cc1OCC. The van der Waals surface area contributed by atoms with Crippen molar-refractivity contribution in [2.75, 3.05) is 13.2 Å². The van der Waals surface area contributed by atoms with E-state index < -0.39 is 11.4 Å². The molecule has 0 fully saturated rings. The van der Waals surface area contributed by atoms with Crippen LogP contribution in [0.25, 0.3) is 0 Å². The first kappa shape index (κ1) is 20.4. The van der Waals surface area contributed by atoms with E-state index >= 15 is 0 Å². The first-order chi connectivity index (χ1) is 12.8. The minimum atomic E-state index is -1.15. The zero-order valence-electron chi connectivity index (χ0n) is 16.0. The molecule has 1 heterocycles. The summed E-state index contributed by atoms with van der Waals surface area (Å²) in [6, 6.07) is 8.33. The highest BCUT2D eigenvalue weighted by atomic mass is 16.5. The number of furan rings is 1. The fourth-order valence-electron chi connectivity index (χ4n) is 2.55. The van der Waals surface area contributed by atoms with Crippen LogP contribution in [0.2, 0.25) is 0 Å². The van der Waals surface area contributed by atoms with Crippen LogP contribution in [-0.4, -0.2) is 30.2 Å². The van der Waals surface area contributed by atoms with E-state index in [4.69, 9.17) is 19.0 Å². The Kier molecular flexibility index (Phi) is 6.50. The van der Waals surface area contributed by atoms with Gasteiger partial charge in [0.05, 0.1) is 25.2 Å². The van der Waals surface area contributed by atoms with E-state index in [1.807, 2.05) is 26.0 Å². The van der Waals surface area contributed by atoms with Crippen molar-refractivity contribution in [2.45, 2.75) is 39.7 Å². The van der Waals surface area contributed by atoms with Crippen molar-refractivity contribution >= 4 is 11.9 Å². The van der Waals surface area contributed by atoms with Gasteiger partial charge in [-0.3, -0.25) is 4.79 Å². The zero-order chi connectivity index (χ0) is 20.0. The van der Waals surface area contributed by atoms with Crippen LogP contribution >= 0.6 is 0 Å². The quantitative estimate of drug-likeness (QED) is 0.697. The van der Waals surface area contributed by atoms with E-state index in [2.05, 4.69) is 5.32 Å². The van der Waals surface area contributed by atoms with E-state index in [1.54, 1.807) is 19.9 Å². The molecule has 2 N–H and O–H groups in total. The lowest BCUT2D eigenvalue weighted by molar-refractivity contribution is -0.125. The molecule has 0 aliphatic rings. The number of carbonyl (C=O) groups excluding carboxylic acids is 1. The topological polar surface area (TPSA) is 98.0 Å². The van der Waals surface area contributed by atoms with Gasteiger partial charge in [0.1, 0.15) is 5.76 Å².